The van der Waals surface area contributed by atoms with E-state index in [-0.39, 0.29) is 11.6 Å². The zero-order valence-electron chi connectivity index (χ0n) is 16.9. The summed E-state index contributed by atoms with van der Waals surface area (Å²) in [6.45, 7) is 1.39. The van der Waals surface area contributed by atoms with E-state index in [2.05, 4.69) is 10.4 Å². The third-order valence-electron chi connectivity index (χ3n) is 7.08. The van der Waals surface area contributed by atoms with Crippen molar-refractivity contribution in [3.05, 3.63) is 40.5 Å². The summed E-state index contributed by atoms with van der Waals surface area (Å²) in [7, 11) is 0. The molecular formula is C22H26ClN5O2. The molecule has 4 aliphatic rings. The lowest BCUT2D eigenvalue weighted by Gasteiger charge is -2.47. The van der Waals surface area contributed by atoms with Crippen LogP contribution in [0.4, 0.5) is 4.79 Å². The van der Waals surface area contributed by atoms with Gasteiger partial charge in [0.05, 0.1) is 24.3 Å². The van der Waals surface area contributed by atoms with Crippen molar-refractivity contribution in [3.63, 3.8) is 0 Å². The van der Waals surface area contributed by atoms with Crippen LogP contribution < -0.4 is 11.1 Å². The van der Waals surface area contributed by atoms with E-state index in [1.165, 1.54) is 19.3 Å². The second kappa shape index (κ2) is 7.30. The molecule has 7 nitrogen and oxygen atoms in total. The average molecular weight is 428 g/mol. The van der Waals surface area contributed by atoms with Crippen LogP contribution in [0.15, 0.2) is 24.3 Å². The number of nitrogens with one attached hydrogen (secondary N) is 1. The molecule has 0 spiro atoms. The van der Waals surface area contributed by atoms with Gasteiger partial charge in [-0.25, -0.2) is 4.79 Å². The van der Waals surface area contributed by atoms with Gasteiger partial charge in [-0.05, 0) is 56.6 Å². The van der Waals surface area contributed by atoms with E-state index in [1.807, 2.05) is 12.1 Å². The largest absolute Gasteiger partial charge is 0.365 e. The summed E-state index contributed by atoms with van der Waals surface area (Å²) in [5.74, 6) is 0.300. The predicted molar refractivity (Wildman–Crippen MR) is 114 cm³/mol. The van der Waals surface area contributed by atoms with E-state index in [9.17, 15) is 9.59 Å². The Morgan fingerprint density at radius 3 is 2.57 bits per heavy atom. The summed E-state index contributed by atoms with van der Waals surface area (Å²) < 4.78 is 1.80. The fraction of sp³-hybridized carbons (Fsp3) is 0.500. The lowest BCUT2D eigenvalue weighted by molar-refractivity contribution is 0.0964. The lowest BCUT2D eigenvalue weighted by Crippen LogP contribution is -2.57. The number of rotatable bonds is 3. The van der Waals surface area contributed by atoms with Crippen LogP contribution in [0.25, 0.3) is 11.3 Å². The minimum Gasteiger partial charge on any atom is -0.365 e. The molecule has 0 unspecified atom stereocenters. The van der Waals surface area contributed by atoms with Crippen molar-refractivity contribution >= 4 is 23.5 Å². The summed E-state index contributed by atoms with van der Waals surface area (Å²) in [6.07, 6.45) is 6.84. The fourth-order valence-corrected chi connectivity index (χ4v) is 5.52. The molecule has 8 heteroatoms. The molecule has 2 aromatic rings. The molecule has 0 radical (unpaired) electrons. The fourth-order valence-electron chi connectivity index (χ4n) is 5.33. The number of halogens is 1. The van der Waals surface area contributed by atoms with Crippen LogP contribution in [0.1, 0.15) is 54.6 Å². The number of primary amides is 1. The molecule has 2 bridgehead atoms. The third-order valence-corrected chi connectivity index (χ3v) is 7.31. The Labute approximate surface area is 180 Å². The van der Waals surface area contributed by atoms with Gasteiger partial charge in [-0.3, -0.25) is 9.48 Å². The van der Waals surface area contributed by atoms with Crippen LogP contribution >= 0.6 is 11.6 Å². The second-order valence-corrected chi connectivity index (χ2v) is 9.32. The van der Waals surface area contributed by atoms with E-state index in [4.69, 9.17) is 17.3 Å². The Balaban J connectivity index is 1.41. The molecule has 3 saturated carbocycles. The Morgan fingerprint density at radius 2 is 1.90 bits per heavy atom. The molecule has 1 aliphatic heterocycles. The maximum atomic E-state index is 13.1. The van der Waals surface area contributed by atoms with Gasteiger partial charge in [-0.2, -0.15) is 5.10 Å². The number of urea groups is 1. The average Bonchev–Trinajstić information content (AvgIpc) is 3.14. The molecule has 30 heavy (non-hydrogen) atoms. The summed E-state index contributed by atoms with van der Waals surface area (Å²) in [5.41, 5.74) is 7.99. The smallest absolute Gasteiger partial charge is 0.318 e. The van der Waals surface area contributed by atoms with E-state index in [0.29, 0.717) is 41.6 Å². The van der Waals surface area contributed by atoms with E-state index < -0.39 is 5.91 Å². The number of hydrogen-bond acceptors (Lipinski definition) is 3. The van der Waals surface area contributed by atoms with Gasteiger partial charge >= 0.3 is 6.03 Å². The highest BCUT2D eigenvalue weighted by Gasteiger charge is 2.42. The van der Waals surface area contributed by atoms with Gasteiger partial charge in [-0.15, -0.1) is 0 Å². The van der Waals surface area contributed by atoms with Crippen molar-refractivity contribution in [2.75, 3.05) is 6.54 Å². The van der Waals surface area contributed by atoms with Crippen molar-refractivity contribution in [2.24, 2.45) is 11.7 Å². The van der Waals surface area contributed by atoms with Gasteiger partial charge in [0.2, 0.25) is 0 Å². The summed E-state index contributed by atoms with van der Waals surface area (Å²) in [6, 6.07) is 7.16. The van der Waals surface area contributed by atoms with Gasteiger partial charge in [-0.1, -0.05) is 23.7 Å². The number of nitrogens with two attached hydrogens (primary N) is 1. The number of nitrogens with zero attached hydrogens (tertiary/aromatic N) is 3. The molecule has 3 fully saturated rings. The van der Waals surface area contributed by atoms with Crippen LogP contribution in [0.3, 0.4) is 0 Å². The van der Waals surface area contributed by atoms with Gasteiger partial charge in [0.25, 0.3) is 5.91 Å². The molecule has 6 rings (SSSR count). The Kier molecular flexibility index (Phi) is 4.73. The van der Waals surface area contributed by atoms with Gasteiger partial charge in [0, 0.05) is 22.7 Å². The molecule has 0 saturated heterocycles. The number of benzene rings is 1. The lowest BCUT2D eigenvalue weighted by atomic mass is 9.66. The van der Waals surface area contributed by atoms with Crippen LogP contribution in [0, 0.1) is 5.92 Å². The van der Waals surface area contributed by atoms with E-state index in [1.54, 1.807) is 21.7 Å². The van der Waals surface area contributed by atoms with Crippen LogP contribution in [-0.2, 0) is 13.1 Å². The first-order valence-corrected chi connectivity index (χ1v) is 11.0. The van der Waals surface area contributed by atoms with Gasteiger partial charge in [0.15, 0.2) is 0 Å². The number of aromatic nitrogens is 2. The topological polar surface area (TPSA) is 93.2 Å². The monoisotopic (exact) mass is 427 g/mol. The Bertz CT molecular complexity index is 995. The predicted octanol–water partition coefficient (Wildman–Crippen LogP) is 3.55. The van der Waals surface area contributed by atoms with Crippen molar-refractivity contribution in [1.82, 2.24) is 20.0 Å². The van der Waals surface area contributed by atoms with Crippen LogP contribution in [-0.4, -0.2) is 38.7 Å². The zero-order chi connectivity index (χ0) is 20.9. The minimum absolute atomic E-state index is 0.0532. The van der Waals surface area contributed by atoms with E-state index >= 15 is 0 Å². The van der Waals surface area contributed by atoms with Crippen molar-refractivity contribution in [1.29, 1.82) is 0 Å². The first-order chi connectivity index (χ1) is 14.4. The van der Waals surface area contributed by atoms with E-state index in [0.717, 1.165) is 30.7 Å². The second-order valence-electron chi connectivity index (χ2n) is 8.88. The first-order valence-electron chi connectivity index (χ1n) is 10.7. The summed E-state index contributed by atoms with van der Waals surface area (Å²) in [5, 5.41) is 8.53. The molecule has 2 heterocycles. The summed E-state index contributed by atoms with van der Waals surface area (Å²) in [4.78, 5) is 27.2. The molecule has 1 aromatic heterocycles. The van der Waals surface area contributed by atoms with Crippen molar-refractivity contribution in [2.45, 2.75) is 57.2 Å². The minimum atomic E-state index is -0.544. The molecular weight excluding hydrogens is 402 g/mol. The first kappa shape index (κ1) is 19.4. The Hall–Kier alpha value is -2.54. The normalized spacial score (nSPS) is 25.1. The molecule has 3 amide bonds. The highest BCUT2D eigenvalue weighted by atomic mass is 35.5. The van der Waals surface area contributed by atoms with Gasteiger partial charge < -0.3 is 16.0 Å². The van der Waals surface area contributed by atoms with Crippen molar-refractivity contribution < 1.29 is 9.59 Å². The van der Waals surface area contributed by atoms with Gasteiger partial charge in [0.1, 0.15) is 5.69 Å². The van der Waals surface area contributed by atoms with Crippen LogP contribution in [0.5, 0.6) is 0 Å². The molecule has 158 valence electrons. The quantitative estimate of drug-likeness (QED) is 0.784. The number of carbonyl (C=O) groups excluding carboxylic acids is 2. The molecule has 0 atom stereocenters. The highest BCUT2D eigenvalue weighted by molar-refractivity contribution is 6.30. The standard InChI is InChI=1S/C22H26ClN5O2/c23-16-3-1-2-15(12-16)19-18(20(24)29)17-13-27(10-11-28(17)26-19)21(30)25-22-7-4-14(5-8-22)6-9-22/h1-3,12,14H,4-11,13H2,(H2,24,29)(H,25,30). The molecule has 3 aliphatic carbocycles. The molecule has 3 N–H and O–H groups in total. The number of carbonyl (C=O) groups is 2. The maximum Gasteiger partial charge on any atom is 0.318 e. The number of fused-ring (bicyclic) bond motifs is 4. The third kappa shape index (κ3) is 3.35. The number of amides is 3. The molecule has 1 aromatic carbocycles. The Morgan fingerprint density at radius 1 is 1.17 bits per heavy atom. The maximum absolute atomic E-state index is 13.1. The number of hydrogen-bond donors (Lipinski definition) is 2. The van der Waals surface area contributed by atoms with Crippen molar-refractivity contribution in [3.8, 4) is 11.3 Å². The summed E-state index contributed by atoms with van der Waals surface area (Å²) >= 11 is 6.13. The van der Waals surface area contributed by atoms with Crippen LogP contribution in [0.2, 0.25) is 5.02 Å². The zero-order valence-corrected chi connectivity index (χ0v) is 17.6. The SMILES string of the molecule is NC(=O)c1c(-c2cccc(Cl)c2)nn2c1CN(C(=O)NC13CCC(CC1)CC3)CC2. The highest BCUT2D eigenvalue weighted by Crippen LogP contribution is 2.44.